The van der Waals surface area contributed by atoms with Crippen LogP contribution in [-0.4, -0.2) is 103 Å². The monoisotopic (exact) mass is 659 g/mol. The van der Waals surface area contributed by atoms with Gasteiger partial charge in [0.05, 0.1) is 17.3 Å². The van der Waals surface area contributed by atoms with Gasteiger partial charge in [0, 0.05) is 74.7 Å². The van der Waals surface area contributed by atoms with Gasteiger partial charge in [0.15, 0.2) is 5.83 Å². The van der Waals surface area contributed by atoms with Crippen LogP contribution >= 0.6 is 11.6 Å². The third kappa shape index (κ3) is 6.34. The van der Waals surface area contributed by atoms with E-state index in [1.807, 2.05) is 12.1 Å². The van der Waals surface area contributed by atoms with Gasteiger partial charge in [0.2, 0.25) is 6.54 Å². The zero-order valence-corrected chi connectivity index (χ0v) is 27.2. The molecule has 7 rings (SSSR count). The molecule has 0 saturated carbocycles. The number of aromatic nitrogens is 2. The fourth-order valence-electron chi connectivity index (χ4n) is 7.50. The Labute approximate surface area is 279 Å². The summed E-state index contributed by atoms with van der Waals surface area (Å²) < 4.78 is 25.8. The van der Waals surface area contributed by atoms with Crippen molar-refractivity contribution in [3.05, 3.63) is 76.5 Å². The number of anilines is 2. The largest absolute Gasteiger partial charge is 0.462 e. The highest BCUT2D eigenvalue weighted by Gasteiger charge is 2.38. The Morgan fingerprint density at radius 1 is 1.06 bits per heavy atom. The van der Waals surface area contributed by atoms with Crippen molar-refractivity contribution in [3.8, 4) is 6.01 Å². The average Bonchev–Trinajstić information content (AvgIpc) is 3.07. The highest BCUT2D eigenvalue weighted by Crippen LogP contribution is 2.37. The first-order chi connectivity index (χ1) is 22.9. The molecule has 3 saturated heterocycles. The number of benzene rings is 2. The number of nitrogens with zero attached hydrogens (tertiary/aromatic N) is 7. The van der Waals surface area contributed by atoms with Gasteiger partial charge in [-0.3, -0.25) is 9.69 Å². The summed E-state index contributed by atoms with van der Waals surface area (Å²) in [5.74, 6) is -1.01. The van der Waals surface area contributed by atoms with Gasteiger partial charge >= 0.3 is 6.01 Å². The normalized spacial score (nSPS) is 22.0. The minimum atomic E-state index is -1.01. The standard InChI is InChI=1S/C35H39ClFN7O3/c1-23(37)34(45)44-16-15-42(20-27(44)19-38-2)33-28-10-13-41(31-8-4-6-24-5-3-7-29(36)32(24)31)21-30(28)39-35(40-33)47-22-26-9-14-43(26)25-11-17-46-18-12-25/h3-8,25-27H,1,9-22H2/t26?,27-/m0/s1. The lowest BCUT2D eigenvalue weighted by Gasteiger charge is -2.47. The van der Waals surface area contributed by atoms with E-state index < -0.39 is 17.8 Å². The summed E-state index contributed by atoms with van der Waals surface area (Å²) >= 11 is 6.72. The van der Waals surface area contributed by atoms with E-state index >= 15 is 0 Å². The van der Waals surface area contributed by atoms with E-state index in [0.29, 0.717) is 55.8 Å². The van der Waals surface area contributed by atoms with Crippen LogP contribution in [0.2, 0.25) is 5.02 Å². The van der Waals surface area contributed by atoms with Crippen LogP contribution in [0.5, 0.6) is 6.01 Å². The zero-order valence-electron chi connectivity index (χ0n) is 26.4. The number of carbonyl (C=O) groups excluding carboxylic acids is 1. The van der Waals surface area contributed by atoms with E-state index in [9.17, 15) is 9.18 Å². The molecule has 5 heterocycles. The number of hydrogen-bond donors (Lipinski definition) is 0. The lowest BCUT2D eigenvalue weighted by Crippen LogP contribution is -2.57. The molecule has 4 aliphatic heterocycles. The maximum atomic E-state index is 13.9. The van der Waals surface area contributed by atoms with Gasteiger partial charge in [-0.25, -0.2) is 11.0 Å². The molecule has 1 aromatic heterocycles. The topological polar surface area (TPSA) is 78.6 Å². The molecule has 0 radical (unpaired) electrons. The molecule has 1 unspecified atom stereocenters. The first-order valence-electron chi connectivity index (χ1n) is 16.4. The van der Waals surface area contributed by atoms with Gasteiger partial charge in [-0.2, -0.15) is 9.97 Å². The number of likely N-dealkylation sites (tertiary alicyclic amines) is 1. The van der Waals surface area contributed by atoms with Crippen LogP contribution in [0, 0.1) is 6.57 Å². The second-order valence-corrected chi connectivity index (χ2v) is 13.1. The molecule has 0 aliphatic carbocycles. The van der Waals surface area contributed by atoms with Crippen LogP contribution in [-0.2, 0) is 22.5 Å². The van der Waals surface area contributed by atoms with Crippen LogP contribution in [0.25, 0.3) is 15.6 Å². The number of halogens is 2. The highest BCUT2D eigenvalue weighted by molar-refractivity contribution is 6.36. The second kappa shape index (κ2) is 13.6. The molecule has 0 spiro atoms. The molecular weight excluding hydrogens is 621 g/mol. The Kier molecular flexibility index (Phi) is 9.17. The van der Waals surface area contributed by atoms with Crippen molar-refractivity contribution in [1.82, 2.24) is 19.8 Å². The van der Waals surface area contributed by atoms with Crippen molar-refractivity contribution in [2.24, 2.45) is 0 Å². The van der Waals surface area contributed by atoms with Crippen LogP contribution < -0.4 is 14.5 Å². The van der Waals surface area contributed by atoms with Crippen LogP contribution in [0.1, 0.15) is 30.5 Å². The molecule has 47 heavy (non-hydrogen) atoms. The summed E-state index contributed by atoms with van der Waals surface area (Å²) in [5, 5.41) is 2.80. The number of rotatable bonds is 8. The van der Waals surface area contributed by atoms with Crippen molar-refractivity contribution >= 4 is 39.8 Å². The zero-order chi connectivity index (χ0) is 32.5. The number of hydrogen-bond acceptors (Lipinski definition) is 8. The van der Waals surface area contributed by atoms with Gasteiger partial charge in [0.1, 0.15) is 18.5 Å². The fourth-order valence-corrected chi connectivity index (χ4v) is 7.78. The molecule has 3 aromatic rings. The molecule has 10 nitrogen and oxygen atoms in total. The summed E-state index contributed by atoms with van der Waals surface area (Å²) in [6.07, 6.45) is 3.85. The van der Waals surface area contributed by atoms with Gasteiger partial charge in [-0.15, -0.1) is 0 Å². The highest BCUT2D eigenvalue weighted by atomic mass is 35.5. The van der Waals surface area contributed by atoms with Crippen molar-refractivity contribution in [2.45, 2.75) is 50.4 Å². The molecular formula is C35H39ClFN7O3. The first kappa shape index (κ1) is 31.6. The summed E-state index contributed by atoms with van der Waals surface area (Å²) in [6.45, 7) is 16.3. The Hall–Kier alpha value is -3.98. The van der Waals surface area contributed by atoms with Crippen molar-refractivity contribution < 1.29 is 18.7 Å². The van der Waals surface area contributed by atoms with Crippen molar-refractivity contribution in [3.63, 3.8) is 0 Å². The van der Waals surface area contributed by atoms with E-state index in [1.165, 1.54) is 4.90 Å². The molecule has 0 bridgehead atoms. The lowest BCUT2D eigenvalue weighted by molar-refractivity contribution is -0.131. The Morgan fingerprint density at radius 3 is 2.62 bits per heavy atom. The SMILES string of the molecule is [C-]#[N+]C[C@H]1CN(c2nc(OCC3CCN3C3CCOCC3)nc3c2CCN(c2cccc4cccc(Cl)c24)C3)CCN1C(=O)C(=C)F. The van der Waals surface area contributed by atoms with Gasteiger partial charge in [-0.1, -0.05) is 42.4 Å². The van der Waals surface area contributed by atoms with Crippen LogP contribution in [0.3, 0.4) is 0 Å². The molecule has 2 atom stereocenters. The Bertz CT molecular complexity index is 1710. The molecule has 1 amide bonds. The molecule has 12 heteroatoms. The number of carbonyl (C=O) groups is 1. The summed E-state index contributed by atoms with van der Waals surface area (Å²) in [5.41, 5.74) is 2.97. The van der Waals surface area contributed by atoms with Crippen molar-refractivity contribution in [2.75, 3.05) is 68.9 Å². The molecule has 246 valence electrons. The van der Waals surface area contributed by atoms with Crippen LogP contribution in [0.15, 0.2) is 48.8 Å². The second-order valence-electron chi connectivity index (χ2n) is 12.7. The van der Waals surface area contributed by atoms with E-state index in [1.54, 1.807) is 0 Å². The summed E-state index contributed by atoms with van der Waals surface area (Å²) in [6, 6.07) is 12.8. The number of ether oxygens (including phenoxy) is 2. The predicted molar refractivity (Wildman–Crippen MR) is 180 cm³/mol. The first-order valence-corrected chi connectivity index (χ1v) is 16.8. The van der Waals surface area contributed by atoms with E-state index in [-0.39, 0.29) is 13.1 Å². The summed E-state index contributed by atoms with van der Waals surface area (Å²) in [4.78, 5) is 34.5. The van der Waals surface area contributed by atoms with Crippen molar-refractivity contribution in [1.29, 1.82) is 0 Å². The average molecular weight is 660 g/mol. The molecule has 3 fully saturated rings. The summed E-state index contributed by atoms with van der Waals surface area (Å²) in [7, 11) is 0. The Balaban J connectivity index is 1.18. The molecule has 0 N–H and O–H groups in total. The van der Waals surface area contributed by atoms with Crippen LogP contribution in [0.4, 0.5) is 15.9 Å². The maximum Gasteiger partial charge on any atom is 0.318 e. The minimum absolute atomic E-state index is 0.0610. The fraction of sp³-hybridized carbons (Fsp3) is 0.486. The smallest absolute Gasteiger partial charge is 0.318 e. The molecule has 2 aromatic carbocycles. The van der Waals surface area contributed by atoms with Gasteiger partial charge in [0.25, 0.3) is 5.91 Å². The van der Waals surface area contributed by atoms with E-state index in [4.69, 9.17) is 37.6 Å². The predicted octanol–water partition coefficient (Wildman–Crippen LogP) is 4.90. The third-order valence-electron chi connectivity index (χ3n) is 10.0. The maximum absolute atomic E-state index is 13.9. The van der Waals surface area contributed by atoms with Gasteiger partial charge < -0.3 is 29.0 Å². The number of amides is 1. The minimum Gasteiger partial charge on any atom is -0.462 e. The Morgan fingerprint density at radius 2 is 1.87 bits per heavy atom. The third-order valence-corrected chi connectivity index (χ3v) is 10.3. The number of fused-ring (bicyclic) bond motifs is 2. The quantitative estimate of drug-likeness (QED) is 0.250. The lowest BCUT2D eigenvalue weighted by atomic mass is 9.96. The molecule has 4 aliphatic rings. The van der Waals surface area contributed by atoms with Gasteiger partial charge in [-0.05, 0) is 43.2 Å². The van der Waals surface area contributed by atoms with E-state index in [2.05, 4.69) is 50.4 Å². The van der Waals surface area contributed by atoms with E-state index in [0.717, 1.165) is 79.1 Å². The number of piperazine rings is 1.